The number of rotatable bonds is 9. The van der Waals surface area contributed by atoms with Crippen LogP contribution >= 0.6 is 11.8 Å². The van der Waals surface area contributed by atoms with E-state index >= 15 is 0 Å². The summed E-state index contributed by atoms with van der Waals surface area (Å²) >= 11 is 1.63. The fourth-order valence-corrected chi connectivity index (χ4v) is 4.00. The molecule has 0 unspecified atom stereocenters. The average Bonchev–Trinajstić information content (AvgIpc) is 2.79. The second-order valence-corrected chi connectivity index (χ2v) is 9.53. The molecule has 0 saturated heterocycles. The third-order valence-corrected chi connectivity index (χ3v) is 6.19. The van der Waals surface area contributed by atoms with Crippen molar-refractivity contribution >= 4 is 39.6 Å². The van der Waals surface area contributed by atoms with Crippen LogP contribution in [0.3, 0.4) is 0 Å². The number of amides is 1. The zero-order valence-corrected chi connectivity index (χ0v) is 19.3. The summed E-state index contributed by atoms with van der Waals surface area (Å²) in [6.45, 7) is -0.402. The van der Waals surface area contributed by atoms with Gasteiger partial charge in [0.25, 0.3) is 5.91 Å². The van der Waals surface area contributed by atoms with Crippen LogP contribution < -0.4 is 14.5 Å². The minimum absolute atomic E-state index is 0.347. The highest BCUT2D eigenvalue weighted by molar-refractivity contribution is 7.98. The summed E-state index contributed by atoms with van der Waals surface area (Å²) in [5.74, 6) is 0.660. The maximum absolute atomic E-state index is 12.3. The zero-order chi connectivity index (χ0) is 23.0. The standard InChI is InChI=1S/C23H23N3O4S2/c1-31-22-14-8-18(9-15-22)16-24-25-23(27)17-26(32(2,28)29)19-10-12-21(13-11-19)30-20-6-4-3-5-7-20/h3-16H,17H2,1-2H3,(H,25,27)/b24-16-. The number of thioether (sulfide) groups is 1. The van der Waals surface area contributed by atoms with E-state index in [2.05, 4.69) is 10.5 Å². The number of nitrogens with zero attached hydrogens (tertiary/aromatic N) is 2. The van der Waals surface area contributed by atoms with Gasteiger partial charge >= 0.3 is 0 Å². The van der Waals surface area contributed by atoms with E-state index in [1.54, 1.807) is 36.0 Å². The summed E-state index contributed by atoms with van der Waals surface area (Å²) in [7, 11) is -3.69. The first-order valence-corrected chi connectivity index (χ1v) is 12.7. The lowest BCUT2D eigenvalue weighted by Gasteiger charge is -2.21. The molecule has 166 valence electrons. The number of hydrazone groups is 1. The average molecular weight is 470 g/mol. The lowest BCUT2D eigenvalue weighted by molar-refractivity contribution is -0.119. The highest BCUT2D eigenvalue weighted by Gasteiger charge is 2.20. The highest BCUT2D eigenvalue weighted by Crippen LogP contribution is 2.25. The van der Waals surface area contributed by atoms with E-state index in [1.807, 2.05) is 60.9 Å². The number of sulfonamides is 1. The Hall–Kier alpha value is -3.30. The Balaban J connectivity index is 1.64. The quantitative estimate of drug-likeness (QED) is 0.289. The van der Waals surface area contributed by atoms with Crippen molar-refractivity contribution in [3.8, 4) is 11.5 Å². The van der Waals surface area contributed by atoms with Gasteiger partial charge in [0.2, 0.25) is 10.0 Å². The molecule has 32 heavy (non-hydrogen) atoms. The molecule has 0 aliphatic carbocycles. The largest absolute Gasteiger partial charge is 0.457 e. The maximum atomic E-state index is 12.3. The van der Waals surface area contributed by atoms with Gasteiger partial charge in [0.15, 0.2) is 0 Å². The molecule has 0 aliphatic rings. The van der Waals surface area contributed by atoms with Crippen LogP contribution in [0.1, 0.15) is 5.56 Å². The summed E-state index contributed by atoms with van der Waals surface area (Å²) in [6.07, 6.45) is 4.54. The summed E-state index contributed by atoms with van der Waals surface area (Å²) < 4.78 is 31.3. The molecule has 0 radical (unpaired) electrons. The lowest BCUT2D eigenvalue weighted by Crippen LogP contribution is -2.38. The van der Waals surface area contributed by atoms with Crippen molar-refractivity contribution in [3.05, 3.63) is 84.4 Å². The van der Waals surface area contributed by atoms with E-state index in [0.717, 1.165) is 21.0 Å². The molecule has 3 rings (SSSR count). The number of ether oxygens (including phenoxy) is 1. The number of hydrogen-bond acceptors (Lipinski definition) is 6. The molecular formula is C23H23N3O4S2. The Morgan fingerprint density at radius 1 is 1.00 bits per heavy atom. The van der Waals surface area contributed by atoms with Crippen molar-refractivity contribution in [2.75, 3.05) is 23.4 Å². The number of carbonyl (C=O) groups excluding carboxylic acids is 1. The van der Waals surface area contributed by atoms with E-state index < -0.39 is 22.5 Å². The Kier molecular flexibility index (Phi) is 7.91. The Morgan fingerprint density at radius 2 is 1.62 bits per heavy atom. The molecule has 1 amide bonds. The van der Waals surface area contributed by atoms with E-state index in [1.165, 1.54) is 6.21 Å². The summed E-state index contributed by atoms with van der Waals surface area (Å²) in [5.41, 5.74) is 3.53. The van der Waals surface area contributed by atoms with Gasteiger partial charge in [-0.2, -0.15) is 5.10 Å². The topological polar surface area (TPSA) is 88.1 Å². The molecule has 0 spiro atoms. The Morgan fingerprint density at radius 3 is 2.22 bits per heavy atom. The van der Waals surface area contributed by atoms with Crippen LogP contribution in [0.25, 0.3) is 0 Å². The van der Waals surface area contributed by atoms with Crippen LogP contribution in [0, 0.1) is 0 Å². The molecule has 7 nitrogen and oxygen atoms in total. The van der Waals surface area contributed by atoms with Gasteiger partial charge in [0.05, 0.1) is 18.2 Å². The molecular weight excluding hydrogens is 446 g/mol. The highest BCUT2D eigenvalue weighted by atomic mass is 32.2. The van der Waals surface area contributed by atoms with Crippen LogP contribution in [-0.4, -0.2) is 39.6 Å². The number of para-hydroxylation sites is 1. The lowest BCUT2D eigenvalue weighted by atomic mass is 10.2. The van der Waals surface area contributed by atoms with Gasteiger partial charge in [0.1, 0.15) is 18.0 Å². The van der Waals surface area contributed by atoms with Crippen molar-refractivity contribution < 1.29 is 17.9 Å². The first-order chi connectivity index (χ1) is 15.3. The molecule has 0 atom stereocenters. The summed E-state index contributed by atoms with van der Waals surface area (Å²) in [6, 6.07) is 23.4. The first-order valence-electron chi connectivity index (χ1n) is 9.62. The fraction of sp³-hybridized carbons (Fsp3) is 0.130. The van der Waals surface area contributed by atoms with Gasteiger partial charge in [-0.1, -0.05) is 30.3 Å². The SMILES string of the molecule is CSc1ccc(/C=N\NC(=O)CN(c2ccc(Oc3ccccc3)cc2)S(C)(=O)=O)cc1. The van der Waals surface area contributed by atoms with Crippen molar-refractivity contribution in [2.45, 2.75) is 4.90 Å². The van der Waals surface area contributed by atoms with Gasteiger partial charge in [-0.15, -0.1) is 11.8 Å². The van der Waals surface area contributed by atoms with Gasteiger partial charge in [-0.25, -0.2) is 13.8 Å². The van der Waals surface area contributed by atoms with Crippen molar-refractivity contribution in [1.29, 1.82) is 0 Å². The van der Waals surface area contributed by atoms with Crippen molar-refractivity contribution in [3.63, 3.8) is 0 Å². The molecule has 3 aromatic rings. The first kappa shape index (κ1) is 23.4. The predicted octanol–water partition coefficient (Wildman–Crippen LogP) is 4.12. The van der Waals surface area contributed by atoms with Crippen LogP contribution in [0.5, 0.6) is 11.5 Å². The number of hydrogen-bond donors (Lipinski definition) is 1. The Labute approximate surface area is 192 Å². The van der Waals surface area contributed by atoms with Gasteiger partial charge in [-0.3, -0.25) is 9.10 Å². The van der Waals surface area contributed by atoms with E-state index in [9.17, 15) is 13.2 Å². The number of benzene rings is 3. The summed E-state index contributed by atoms with van der Waals surface area (Å²) in [4.78, 5) is 13.4. The number of nitrogens with one attached hydrogen (secondary N) is 1. The molecule has 0 fully saturated rings. The van der Waals surface area contributed by atoms with Crippen LogP contribution in [0.2, 0.25) is 0 Å². The molecule has 0 saturated carbocycles. The molecule has 0 heterocycles. The minimum atomic E-state index is -3.69. The monoisotopic (exact) mass is 469 g/mol. The third kappa shape index (κ3) is 6.86. The smallest absolute Gasteiger partial charge is 0.260 e. The molecule has 0 bridgehead atoms. The Bertz CT molecular complexity index is 1160. The fourth-order valence-electron chi connectivity index (χ4n) is 2.74. The second-order valence-electron chi connectivity index (χ2n) is 6.74. The normalized spacial score (nSPS) is 11.3. The van der Waals surface area contributed by atoms with Crippen LogP contribution in [-0.2, 0) is 14.8 Å². The van der Waals surface area contributed by atoms with Crippen LogP contribution in [0.4, 0.5) is 5.69 Å². The minimum Gasteiger partial charge on any atom is -0.457 e. The number of carbonyl (C=O) groups is 1. The molecule has 1 N–H and O–H groups in total. The molecule has 0 aromatic heterocycles. The van der Waals surface area contributed by atoms with Gasteiger partial charge in [-0.05, 0) is 60.4 Å². The van der Waals surface area contributed by atoms with E-state index in [-0.39, 0.29) is 0 Å². The van der Waals surface area contributed by atoms with Crippen LogP contribution in [0.15, 0.2) is 88.9 Å². The predicted molar refractivity (Wildman–Crippen MR) is 129 cm³/mol. The third-order valence-electron chi connectivity index (χ3n) is 4.31. The maximum Gasteiger partial charge on any atom is 0.260 e. The van der Waals surface area contributed by atoms with Gasteiger partial charge in [0, 0.05) is 4.90 Å². The van der Waals surface area contributed by atoms with Gasteiger partial charge < -0.3 is 4.74 Å². The summed E-state index contributed by atoms with van der Waals surface area (Å²) in [5, 5.41) is 3.91. The second kappa shape index (κ2) is 10.8. The number of anilines is 1. The molecule has 3 aromatic carbocycles. The molecule has 0 aliphatic heterocycles. The van der Waals surface area contributed by atoms with E-state index in [0.29, 0.717) is 17.2 Å². The zero-order valence-electron chi connectivity index (χ0n) is 17.6. The van der Waals surface area contributed by atoms with Crippen molar-refractivity contribution in [1.82, 2.24) is 5.43 Å². The van der Waals surface area contributed by atoms with Crippen molar-refractivity contribution in [2.24, 2.45) is 5.10 Å². The molecule has 9 heteroatoms. The van der Waals surface area contributed by atoms with E-state index in [4.69, 9.17) is 4.74 Å².